The Morgan fingerprint density at radius 3 is 2.50 bits per heavy atom. The number of nitrogens with one attached hydrogen (secondary N) is 2. The largest absolute Gasteiger partial charge is 0.340 e. The number of rotatable bonds is 6. The number of anilines is 3. The molecule has 0 amide bonds. The molecule has 0 saturated carbocycles. The molecule has 0 saturated heterocycles. The van der Waals surface area contributed by atoms with Crippen LogP contribution in [-0.2, 0) is 10.0 Å². The van der Waals surface area contributed by atoms with Crippen LogP contribution in [-0.4, -0.2) is 19.2 Å². The van der Waals surface area contributed by atoms with Crippen LogP contribution >= 0.6 is 11.6 Å². The zero-order valence-electron chi connectivity index (χ0n) is 12.4. The van der Waals surface area contributed by atoms with E-state index >= 15 is 0 Å². The summed E-state index contributed by atoms with van der Waals surface area (Å²) in [7, 11) is -3.29. The molecule has 1 aromatic heterocycles. The van der Waals surface area contributed by atoms with Crippen LogP contribution in [0.2, 0.25) is 5.02 Å². The highest BCUT2D eigenvalue weighted by atomic mass is 35.5. The fraction of sp³-hybridized carbons (Fsp3) is 0.267. The van der Waals surface area contributed by atoms with Gasteiger partial charge in [0.1, 0.15) is 5.82 Å². The van der Waals surface area contributed by atoms with Gasteiger partial charge in [-0.1, -0.05) is 24.6 Å². The second-order valence-electron chi connectivity index (χ2n) is 4.94. The van der Waals surface area contributed by atoms with Crippen LogP contribution in [0.1, 0.15) is 18.9 Å². The molecule has 0 aliphatic heterocycles. The van der Waals surface area contributed by atoms with Crippen molar-refractivity contribution < 1.29 is 8.42 Å². The van der Waals surface area contributed by atoms with Crippen molar-refractivity contribution in [3.05, 3.63) is 47.1 Å². The minimum Gasteiger partial charge on any atom is -0.340 e. The number of aryl methyl sites for hydroxylation is 1. The average Bonchev–Trinajstić information content (AvgIpc) is 2.44. The third-order valence-electron chi connectivity index (χ3n) is 2.95. The van der Waals surface area contributed by atoms with Gasteiger partial charge in [0.2, 0.25) is 10.0 Å². The lowest BCUT2D eigenvalue weighted by molar-refractivity contribution is 0.600. The quantitative estimate of drug-likeness (QED) is 0.836. The van der Waals surface area contributed by atoms with Crippen LogP contribution in [0.4, 0.5) is 17.2 Å². The van der Waals surface area contributed by atoms with Crippen molar-refractivity contribution in [2.75, 3.05) is 15.8 Å². The van der Waals surface area contributed by atoms with Crippen molar-refractivity contribution in [2.45, 2.75) is 20.3 Å². The smallest absolute Gasteiger partial charge is 0.232 e. The van der Waals surface area contributed by atoms with E-state index < -0.39 is 10.0 Å². The number of hydrogen-bond donors (Lipinski definition) is 2. The highest BCUT2D eigenvalue weighted by Crippen LogP contribution is 2.23. The van der Waals surface area contributed by atoms with Crippen LogP contribution in [0.3, 0.4) is 0 Å². The topological polar surface area (TPSA) is 71.1 Å². The molecule has 0 aliphatic carbocycles. The summed E-state index contributed by atoms with van der Waals surface area (Å²) in [5.74, 6) is 0.702. The molecule has 1 heterocycles. The average molecular weight is 340 g/mol. The molecule has 0 unspecified atom stereocenters. The molecule has 2 aromatic rings. The molecule has 1 aromatic carbocycles. The maximum absolute atomic E-state index is 11.7. The van der Waals surface area contributed by atoms with Crippen LogP contribution in [0, 0.1) is 6.92 Å². The Morgan fingerprint density at radius 1 is 1.18 bits per heavy atom. The number of aromatic nitrogens is 1. The first kappa shape index (κ1) is 16.6. The second kappa shape index (κ2) is 6.98. The summed E-state index contributed by atoms with van der Waals surface area (Å²) < 4.78 is 25.8. The van der Waals surface area contributed by atoms with Gasteiger partial charge in [-0.25, -0.2) is 13.4 Å². The first-order chi connectivity index (χ1) is 10.4. The Balaban J connectivity index is 2.07. The Morgan fingerprint density at radius 2 is 1.91 bits per heavy atom. The lowest BCUT2D eigenvalue weighted by Crippen LogP contribution is -2.16. The monoisotopic (exact) mass is 339 g/mol. The molecule has 0 bridgehead atoms. The van der Waals surface area contributed by atoms with Gasteiger partial charge in [-0.15, -0.1) is 0 Å². The molecule has 2 rings (SSSR count). The van der Waals surface area contributed by atoms with Crippen molar-refractivity contribution in [1.29, 1.82) is 0 Å². The van der Waals surface area contributed by atoms with Crippen molar-refractivity contribution in [3.63, 3.8) is 0 Å². The van der Waals surface area contributed by atoms with Gasteiger partial charge < -0.3 is 5.32 Å². The SMILES string of the molecule is CCCS(=O)(=O)Nc1ccc(Nc2ccc(C)c(Cl)c2)nc1. The minimum atomic E-state index is -3.29. The van der Waals surface area contributed by atoms with Gasteiger partial charge in [-0.3, -0.25) is 4.72 Å². The van der Waals surface area contributed by atoms with Gasteiger partial charge in [0.05, 0.1) is 17.6 Å². The molecule has 118 valence electrons. The fourth-order valence-corrected chi connectivity index (χ4v) is 3.15. The predicted octanol–water partition coefficient (Wildman–Crippen LogP) is 3.94. The Labute approximate surface area is 135 Å². The van der Waals surface area contributed by atoms with Crippen LogP contribution in [0.25, 0.3) is 0 Å². The molecule has 0 fully saturated rings. The van der Waals surface area contributed by atoms with Crippen molar-refractivity contribution in [3.8, 4) is 0 Å². The summed E-state index contributed by atoms with van der Waals surface area (Å²) in [5.41, 5.74) is 2.27. The molecule has 2 N–H and O–H groups in total. The highest BCUT2D eigenvalue weighted by molar-refractivity contribution is 7.92. The van der Waals surface area contributed by atoms with E-state index in [0.29, 0.717) is 22.9 Å². The molecule has 0 atom stereocenters. The standard InChI is InChI=1S/C15H18ClN3O2S/c1-3-8-22(20,21)19-13-6-7-15(17-10-13)18-12-5-4-11(2)14(16)9-12/h4-7,9-10,19H,3,8H2,1-2H3,(H,17,18). The Kier molecular flexibility index (Phi) is 5.26. The van der Waals surface area contributed by atoms with E-state index in [1.54, 1.807) is 12.1 Å². The normalized spacial score (nSPS) is 11.2. The van der Waals surface area contributed by atoms with Crippen molar-refractivity contribution in [2.24, 2.45) is 0 Å². The van der Waals surface area contributed by atoms with Gasteiger partial charge >= 0.3 is 0 Å². The zero-order valence-corrected chi connectivity index (χ0v) is 14.0. The highest BCUT2D eigenvalue weighted by Gasteiger charge is 2.08. The summed E-state index contributed by atoms with van der Waals surface area (Å²) in [6.07, 6.45) is 2.04. The van der Waals surface area contributed by atoms with E-state index in [0.717, 1.165) is 11.3 Å². The lowest BCUT2D eigenvalue weighted by Gasteiger charge is -2.09. The molecule has 0 aliphatic rings. The summed E-state index contributed by atoms with van der Waals surface area (Å²) >= 11 is 6.07. The Hall–Kier alpha value is -1.79. The van der Waals surface area contributed by atoms with Crippen LogP contribution in [0.15, 0.2) is 36.5 Å². The van der Waals surface area contributed by atoms with Crippen molar-refractivity contribution >= 4 is 38.8 Å². The van der Waals surface area contributed by atoms with E-state index in [4.69, 9.17) is 11.6 Å². The van der Waals surface area contributed by atoms with E-state index in [1.807, 2.05) is 32.0 Å². The number of pyridine rings is 1. The summed E-state index contributed by atoms with van der Waals surface area (Å²) in [4.78, 5) is 4.19. The maximum atomic E-state index is 11.7. The maximum Gasteiger partial charge on any atom is 0.232 e. The van der Waals surface area contributed by atoms with E-state index in [1.165, 1.54) is 6.20 Å². The number of sulfonamides is 1. The molecular formula is C15H18ClN3O2S. The third kappa shape index (κ3) is 4.61. The van der Waals surface area contributed by atoms with E-state index in [-0.39, 0.29) is 5.75 Å². The summed E-state index contributed by atoms with van der Waals surface area (Å²) in [5, 5.41) is 3.79. The zero-order chi connectivity index (χ0) is 16.2. The molecule has 7 heteroatoms. The Bertz CT molecular complexity index is 746. The van der Waals surface area contributed by atoms with Gasteiger partial charge in [0, 0.05) is 10.7 Å². The van der Waals surface area contributed by atoms with Crippen molar-refractivity contribution in [1.82, 2.24) is 4.98 Å². The summed E-state index contributed by atoms with van der Waals surface area (Å²) in [6, 6.07) is 9.00. The third-order valence-corrected chi connectivity index (χ3v) is 4.85. The number of hydrogen-bond acceptors (Lipinski definition) is 4. The molecular weight excluding hydrogens is 322 g/mol. The van der Waals surface area contributed by atoms with Gasteiger partial charge in [0.15, 0.2) is 0 Å². The first-order valence-electron chi connectivity index (χ1n) is 6.89. The van der Waals surface area contributed by atoms with Crippen LogP contribution in [0.5, 0.6) is 0 Å². The number of nitrogens with zero attached hydrogens (tertiary/aromatic N) is 1. The van der Waals surface area contributed by atoms with Gasteiger partial charge in [0.25, 0.3) is 0 Å². The minimum absolute atomic E-state index is 0.0921. The lowest BCUT2D eigenvalue weighted by atomic mass is 10.2. The number of benzene rings is 1. The fourth-order valence-electron chi connectivity index (χ4n) is 1.85. The number of halogens is 1. The van der Waals surface area contributed by atoms with Gasteiger partial charge in [-0.05, 0) is 43.2 Å². The summed E-state index contributed by atoms with van der Waals surface area (Å²) in [6.45, 7) is 3.75. The van der Waals surface area contributed by atoms with E-state index in [2.05, 4.69) is 15.0 Å². The molecule has 0 spiro atoms. The molecule has 5 nitrogen and oxygen atoms in total. The molecule has 22 heavy (non-hydrogen) atoms. The first-order valence-corrected chi connectivity index (χ1v) is 8.92. The van der Waals surface area contributed by atoms with Crippen LogP contribution < -0.4 is 10.0 Å². The van der Waals surface area contributed by atoms with E-state index in [9.17, 15) is 8.42 Å². The van der Waals surface area contributed by atoms with Gasteiger partial charge in [-0.2, -0.15) is 0 Å². The predicted molar refractivity (Wildman–Crippen MR) is 91.4 cm³/mol. The molecule has 0 radical (unpaired) electrons. The second-order valence-corrected chi connectivity index (χ2v) is 7.19.